The number of nitrogens with two attached hydrogens (primary N) is 1. The SMILES string of the molecule is CCCc1ccnc2c1c(C(=O)NCC1(N)CCCCCC1)cn2-c1ncccn1. The molecule has 1 amide bonds. The molecule has 0 radical (unpaired) electrons. The summed E-state index contributed by atoms with van der Waals surface area (Å²) in [5.74, 6) is 0.385. The van der Waals surface area contributed by atoms with Crippen LogP contribution in [0.5, 0.6) is 0 Å². The summed E-state index contributed by atoms with van der Waals surface area (Å²) in [6.45, 7) is 2.62. The fourth-order valence-corrected chi connectivity index (χ4v) is 4.40. The van der Waals surface area contributed by atoms with E-state index in [1.165, 1.54) is 12.8 Å². The van der Waals surface area contributed by atoms with Gasteiger partial charge in [-0.1, -0.05) is 39.0 Å². The van der Waals surface area contributed by atoms with Crippen molar-refractivity contribution in [2.45, 2.75) is 63.8 Å². The van der Waals surface area contributed by atoms with Crippen LogP contribution in [0.1, 0.15) is 67.8 Å². The van der Waals surface area contributed by atoms with Gasteiger partial charge in [0.15, 0.2) is 0 Å². The van der Waals surface area contributed by atoms with Gasteiger partial charge in [0.05, 0.1) is 5.56 Å². The fraction of sp³-hybridized carbons (Fsp3) is 0.478. The van der Waals surface area contributed by atoms with Gasteiger partial charge in [-0.25, -0.2) is 15.0 Å². The molecule has 4 rings (SSSR count). The number of aromatic nitrogens is 4. The highest BCUT2D eigenvalue weighted by atomic mass is 16.1. The molecule has 7 nitrogen and oxygen atoms in total. The zero-order valence-electron chi connectivity index (χ0n) is 17.6. The van der Waals surface area contributed by atoms with Crippen molar-refractivity contribution in [1.82, 2.24) is 24.8 Å². The molecule has 0 aromatic carbocycles. The van der Waals surface area contributed by atoms with Crippen molar-refractivity contribution < 1.29 is 4.79 Å². The first kappa shape index (κ1) is 20.5. The Kier molecular flexibility index (Phi) is 6.08. The number of pyridine rings is 1. The summed E-state index contributed by atoms with van der Waals surface area (Å²) in [4.78, 5) is 26.5. The number of nitrogens with one attached hydrogen (secondary N) is 1. The van der Waals surface area contributed by atoms with Crippen LogP contribution in [0.3, 0.4) is 0 Å². The maximum atomic E-state index is 13.3. The number of hydrogen-bond acceptors (Lipinski definition) is 5. The molecular weight excluding hydrogens is 376 g/mol. The highest BCUT2D eigenvalue weighted by Crippen LogP contribution is 2.27. The van der Waals surface area contributed by atoms with Gasteiger partial charge in [0.1, 0.15) is 5.65 Å². The van der Waals surface area contributed by atoms with Gasteiger partial charge in [0.25, 0.3) is 5.91 Å². The standard InChI is InChI=1S/C23H30N6O/c1-2-8-17-9-14-25-20-19(17)18(15-29(20)22-26-12-7-13-27-22)21(30)28-16-23(24)10-5-3-4-6-11-23/h7,9,12-15H,2-6,8,10-11,16,24H2,1H3,(H,28,30). The largest absolute Gasteiger partial charge is 0.350 e. The Morgan fingerprint density at radius 2 is 1.87 bits per heavy atom. The molecular formula is C23H30N6O. The lowest BCUT2D eigenvalue weighted by molar-refractivity contribution is 0.0942. The van der Waals surface area contributed by atoms with Crippen molar-refractivity contribution in [1.29, 1.82) is 0 Å². The highest BCUT2D eigenvalue weighted by Gasteiger charge is 2.28. The first-order valence-electron chi connectivity index (χ1n) is 10.9. The molecule has 158 valence electrons. The van der Waals surface area contributed by atoms with Crippen LogP contribution in [0.25, 0.3) is 17.0 Å². The van der Waals surface area contributed by atoms with Crippen LogP contribution >= 0.6 is 0 Å². The fourth-order valence-electron chi connectivity index (χ4n) is 4.40. The Bertz CT molecular complexity index is 1010. The second-order valence-electron chi connectivity index (χ2n) is 8.34. The van der Waals surface area contributed by atoms with Crippen molar-refractivity contribution in [3.63, 3.8) is 0 Å². The summed E-state index contributed by atoms with van der Waals surface area (Å²) >= 11 is 0. The van der Waals surface area contributed by atoms with Gasteiger partial charge >= 0.3 is 0 Å². The monoisotopic (exact) mass is 406 g/mol. The number of rotatable bonds is 6. The third kappa shape index (κ3) is 4.21. The van der Waals surface area contributed by atoms with Gasteiger partial charge in [-0.2, -0.15) is 0 Å². The average molecular weight is 407 g/mol. The maximum absolute atomic E-state index is 13.3. The van der Waals surface area contributed by atoms with E-state index in [4.69, 9.17) is 5.73 Å². The first-order valence-corrected chi connectivity index (χ1v) is 10.9. The molecule has 0 unspecified atom stereocenters. The van der Waals surface area contributed by atoms with Gasteiger partial charge in [-0.05, 0) is 37.0 Å². The summed E-state index contributed by atoms with van der Waals surface area (Å²) in [6, 6.07) is 3.76. The zero-order valence-corrected chi connectivity index (χ0v) is 17.6. The van der Waals surface area contributed by atoms with E-state index in [0.29, 0.717) is 23.7 Å². The number of carbonyl (C=O) groups is 1. The third-order valence-electron chi connectivity index (χ3n) is 6.00. The summed E-state index contributed by atoms with van der Waals surface area (Å²) in [6.07, 6.45) is 15.4. The molecule has 0 aliphatic heterocycles. The zero-order chi connectivity index (χ0) is 21.0. The predicted octanol–water partition coefficient (Wildman–Crippen LogP) is 3.55. The van der Waals surface area contributed by atoms with Gasteiger partial charge in [-0.3, -0.25) is 9.36 Å². The second kappa shape index (κ2) is 8.92. The van der Waals surface area contributed by atoms with E-state index in [1.54, 1.807) is 35.4 Å². The Labute approximate surface area is 177 Å². The van der Waals surface area contributed by atoms with E-state index >= 15 is 0 Å². The lowest BCUT2D eigenvalue weighted by Crippen LogP contribution is -2.49. The summed E-state index contributed by atoms with van der Waals surface area (Å²) in [5, 5.41) is 3.99. The number of carbonyl (C=O) groups excluding carboxylic acids is 1. The van der Waals surface area contributed by atoms with Crippen molar-refractivity contribution >= 4 is 16.9 Å². The molecule has 3 N–H and O–H groups in total. The van der Waals surface area contributed by atoms with Crippen LogP contribution in [0.2, 0.25) is 0 Å². The average Bonchev–Trinajstić information content (AvgIpc) is 3.03. The quantitative estimate of drug-likeness (QED) is 0.610. The normalized spacial score (nSPS) is 16.3. The van der Waals surface area contributed by atoms with Crippen LogP contribution in [0, 0.1) is 0 Å². The van der Waals surface area contributed by atoms with Crippen LogP contribution in [0.4, 0.5) is 0 Å². The van der Waals surface area contributed by atoms with E-state index in [1.807, 2.05) is 6.07 Å². The minimum absolute atomic E-state index is 0.117. The van der Waals surface area contributed by atoms with Gasteiger partial charge in [-0.15, -0.1) is 0 Å². The predicted molar refractivity (Wildman–Crippen MR) is 118 cm³/mol. The van der Waals surface area contributed by atoms with Gasteiger partial charge < -0.3 is 11.1 Å². The lowest BCUT2D eigenvalue weighted by atomic mass is 9.91. The molecule has 1 saturated carbocycles. The molecule has 0 atom stereocenters. The molecule has 1 fully saturated rings. The topological polar surface area (TPSA) is 98.7 Å². The van der Waals surface area contributed by atoms with E-state index in [0.717, 1.165) is 49.5 Å². The summed E-state index contributed by atoms with van der Waals surface area (Å²) < 4.78 is 1.80. The molecule has 30 heavy (non-hydrogen) atoms. The van der Waals surface area contributed by atoms with Crippen LogP contribution in [-0.4, -0.2) is 37.5 Å². The number of amides is 1. The first-order chi connectivity index (χ1) is 14.6. The molecule has 7 heteroatoms. The van der Waals surface area contributed by atoms with Crippen molar-refractivity contribution in [2.75, 3.05) is 6.54 Å². The number of hydrogen-bond donors (Lipinski definition) is 2. The molecule has 3 heterocycles. The summed E-state index contributed by atoms with van der Waals surface area (Å²) in [5.41, 5.74) is 8.71. The Hall–Kier alpha value is -2.80. The number of fused-ring (bicyclic) bond motifs is 1. The van der Waals surface area contributed by atoms with E-state index < -0.39 is 0 Å². The van der Waals surface area contributed by atoms with Crippen LogP contribution in [0.15, 0.2) is 36.9 Å². The highest BCUT2D eigenvalue weighted by molar-refractivity contribution is 6.07. The number of aryl methyl sites for hydroxylation is 1. The molecule has 1 aliphatic rings. The van der Waals surface area contributed by atoms with Crippen molar-refractivity contribution in [3.8, 4) is 5.95 Å². The van der Waals surface area contributed by atoms with E-state index in [-0.39, 0.29) is 11.4 Å². The van der Waals surface area contributed by atoms with E-state index in [2.05, 4.69) is 27.2 Å². The van der Waals surface area contributed by atoms with Crippen molar-refractivity contribution in [2.24, 2.45) is 5.73 Å². The van der Waals surface area contributed by atoms with Gasteiger partial charge in [0, 0.05) is 42.3 Å². The van der Waals surface area contributed by atoms with Gasteiger partial charge in [0.2, 0.25) is 5.95 Å². The summed E-state index contributed by atoms with van der Waals surface area (Å²) in [7, 11) is 0. The van der Waals surface area contributed by atoms with Crippen LogP contribution < -0.4 is 11.1 Å². The Morgan fingerprint density at radius 3 is 2.57 bits per heavy atom. The molecule has 0 saturated heterocycles. The molecule has 0 bridgehead atoms. The molecule has 1 aliphatic carbocycles. The molecule has 0 spiro atoms. The third-order valence-corrected chi connectivity index (χ3v) is 6.00. The lowest BCUT2D eigenvalue weighted by Gasteiger charge is -2.28. The minimum atomic E-state index is -0.322. The Balaban J connectivity index is 1.69. The molecule has 3 aromatic heterocycles. The molecule has 3 aromatic rings. The second-order valence-corrected chi connectivity index (χ2v) is 8.34. The minimum Gasteiger partial charge on any atom is -0.350 e. The van der Waals surface area contributed by atoms with Crippen molar-refractivity contribution in [3.05, 3.63) is 48.0 Å². The van der Waals surface area contributed by atoms with Crippen LogP contribution in [-0.2, 0) is 6.42 Å². The maximum Gasteiger partial charge on any atom is 0.253 e. The number of nitrogens with zero attached hydrogens (tertiary/aromatic N) is 4. The Morgan fingerprint density at radius 1 is 1.13 bits per heavy atom. The van der Waals surface area contributed by atoms with E-state index in [9.17, 15) is 4.79 Å². The smallest absolute Gasteiger partial charge is 0.253 e.